The van der Waals surface area contributed by atoms with E-state index in [0.29, 0.717) is 0 Å². The van der Waals surface area contributed by atoms with Gasteiger partial charge in [-0.25, -0.2) is 13.9 Å². The van der Waals surface area contributed by atoms with Crippen LogP contribution in [0.1, 0.15) is 0 Å². The Labute approximate surface area is 289 Å². The van der Waals surface area contributed by atoms with E-state index in [9.17, 15) is 145 Å². The molecule has 1 N–H and O–H groups in total. The van der Waals surface area contributed by atoms with E-state index in [-0.39, 0.29) is 0 Å². The van der Waals surface area contributed by atoms with E-state index < -0.39 is 102 Å². The Morgan fingerprint density at radius 3 is 0.649 bits per heavy atom. The van der Waals surface area contributed by atoms with E-state index >= 15 is 0 Å². The molecular formula is C17HClF32O7. The van der Waals surface area contributed by atoms with Gasteiger partial charge >= 0.3 is 102 Å². The fraction of sp³-hybridized carbons (Fsp3) is 0.941. The second-order valence-electron chi connectivity index (χ2n) is 9.36. The van der Waals surface area contributed by atoms with Gasteiger partial charge in [-0.05, 0) is 0 Å². The molecule has 0 heterocycles. The highest BCUT2D eigenvalue weighted by Gasteiger charge is 2.91. The molecule has 0 aromatic heterocycles. The van der Waals surface area contributed by atoms with Crippen molar-refractivity contribution >= 4 is 17.6 Å². The molecule has 0 aromatic carbocycles. The number of alkyl halides is 33. The number of aliphatic carboxylic acids is 1. The first-order valence-electron chi connectivity index (χ1n) is 11.5. The molecule has 0 fully saturated rings. The topological polar surface area (TPSA) is 83.5 Å². The number of ether oxygens (including phenoxy) is 5. The Kier molecular flexibility index (Phi) is 13.5. The second-order valence-corrected chi connectivity index (χ2v) is 9.88. The molecule has 0 radical (unpaired) electrons. The molecule has 0 amide bonds. The number of carboxylic acid groups (broad SMARTS) is 1. The van der Waals surface area contributed by atoms with Crippen molar-refractivity contribution in [2.45, 2.75) is 96.1 Å². The van der Waals surface area contributed by atoms with Crippen LogP contribution in [-0.4, -0.2) is 107 Å². The van der Waals surface area contributed by atoms with Crippen LogP contribution in [0.5, 0.6) is 0 Å². The molecule has 0 saturated heterocycles. The van der Waals surface area contributed by atoms with Gasteiger partial charge in [-0.15, -0.1) is 0 Å². The third kappa shape index (κ3) is 9.23. The van der Waals surface area contributed by atoms with Crippen molar-refractivity contribution < 1.29 is 174 Å². The molecule has 0 spiro atoms. The first kappa shape index (κ1) is 54.3. The lowest BCUT2D eigenvalue weighted by atomic mass is 10.2. The van der Waals surface area contributed by atoms with Crippen LogP contribution in [0.3, 0.4) is 0 Å². The fourth-order valence-electron chi connectivity index (χ4n) is 2.53. The first-order chi connectivity index (χ1) is 24.0. The van der Waals surface area contributed by atoms with E-state index in [2.05, 4.69) is 11.6 Å². The summed E-state index contributed by atoms with van der Waals surface area (Å²) in [6.07, 6.45) is -95.0. The van der Waals surface area contributed by atoms with Crippen LogP contribution < -0.4 is 0 Å². The van der Waals surface area contributed by atoms with Crippen molar-refractivity contribution in [1.29, 1.82) is 0 Å². The third-order valence-electron chi connectivity index (χ3n) is 5.26. The average Bonchev–Trinajstić information content (AvgIpc) is 2.87. The zero-order chi connectivity index (χ0) is 47.1. The Morgan fingerprint density at radius 1 is 0.316 bits per heavy atom. The molecule has 0 aromatic rings. The predicted octanol–water partition coefficient (Wildman–Crippen LogP) is 10.1. The molecule has 0 aliphatic carbocycles. The lowest BCUT2D eigenvalue weighted by molar-refractivity contribution is -0.598. The molecule has 342 valence electrons. The monoisotopic (exact) mass is 960 g/mol. The zero-order valence-electron chi connectivity index (χ0n) is 23.9. The van der Waals surface area contributed by atoms with E-state index in [1.807, 2.05) is 0 Å². The Balaban J connectivity index is 7.91. The zero-order valence-corrected chi connectivity index (χ0v) is 24.6. The maximum absolute atomic E-state index is 14.5. The molecule has 0 bridgehead atoms. The molecule has 57 heavy (non-hydrogen) atoms. The maximum atomic E-state index is 14.5. The van der Waals surface area contributed by atoms with Crippen molar-refractivity contribution in [1.82, 2.24) is 0 Å². The summed E-state index contributed by atoms with van der Waals surface area (Å²) in [5.74, 6) is -41.1. The molecule has 5 atom stereocenters. The highest BCUT2D eigenvalue weighted by Crippen LogP contribution is 2.62. The van der Waals surface area contributed by atoms with Crippen molar-refractivity contribution in [3.05, 3.63) is 0 Å². The Hall–Kier alpha value is -2.68. The minimum atomic E-state index is -9.48. The fourth-order valence-corrected chi connectivity index (χ4v) is 2.57. The summed E-state index contributed by atoms with van der Waals surface area (Å²) in [4.78, 5) is 10.0. The maximum Gasteiger partial charge on any atom is 0.460 e. The molecule has 0 aliphatic heterocycles. The van der Waals surface area contributed by atoms with Gasteiger partial charge in [-0.2, -0.15) is 136 Å². The van der Waals surface area contributed by atoms with Gasteiger partial charge in [0, 0.05) is 0 Å². The summed E-state index contributed by atoms with van der Waals surface area (Å²) in [5, 5.41) is 0.252. The summed E-state index contributed by atoms with van der Waals surface area (Å²) in [5.41, 5.74) is 0. The predicted molar refractivity (Wildman–Crippen MR) is 98.1 cm³/mol. The molecule has 40 heteroatoms. The van der Waals surface area contributed by atoms with Crippen molar-refractivity contribution in [2.24, 2.45) is 0 Å². The molecule has 0 saturated carbocycles. The summed E-state index contributed by atoms with van der Waals surface area (Å²) < 4.78 is 435. The second kappa shape index (κ2) is 14.2. The highest BCUT2D eigenvalue weighted by atomic mass is 35.5. The standard InChI is InChI=1S/C17HClF32O7/c18-3(21,8(26,27)28)13(41,42)54-5(23,10(32,33)34)15(45,46)56-7(25,12(38,39)40)17(49,50)57-6(24,11(35,36)37)16(47,48)55-4(22,9(29,30)31)14(43,44)53-2(19,20)1(51)52/h(H,51,52). The van der Waals surface area contributed by atoms with Crippen LogP contribution in [0, 0.1) is 0 Å². The van der Waals surface area contributed by atoms with Gasteiger partial charge < -0.3 is 5.11 Å². The van der Waals surface area contributed by atoms with Crippen LogP contribution >= 0.6 is 11.6 Å². The minimum Gasteiger partial charge on any atom is -0.475 e. The lowest BCUT2D eigenvalue weighted by Crippen LogP contribution is -2.72. The number of carboxylic acids is 1. The normalized spacial score (nSPS) is 20.9. The third-order valence-corrected chi connectivity index (χ3v) is 5.69. The van der Waals surface area contributed by atoms with Crippen LogP contribution in [0.4, 0.5) is 140 Å². The number of carbonyl (C=O) groups is 1. The summed E-state index contributed by atoms with van der Waals surface area (Å²) in [6, 6.07) is 0. The van der Waals surface area contributed by atoms with Gasteiger partial charge in [0.1, 0.15) is 0 Å². The number of rotatable bonds is 16. The van der Waals surface area contributed by atoms with Crippen molar-refractivity contribution in [2.75, 3.05) is 0 Å². The number of hydrogen-bond acceptors (Lipinski definition) is 6. The molecule has 0 rings (SSSR count). The smallest absolute Gasteiger partial charge is 0.460 e. The molecule has 0 aliphatic rings. The van der Waals surface area contributed by atoms with Crippen LogP contribution in [0.25, 0.3) is 0 Å². The Morgan fingerprint density at radius 2 is 0.491 bits per heavy atom. The summed E-state index contributed by atoms with van der Waals surface area (Å²) in [7, 11) is 0. The highest BCUT2D eigenvalue weighted by molar-refractivity contribution is 6.24. The number of halogens is 33. The Bertz CT molecular complexity index is 1450. The van der Waals surface area contributed by atoms with E-state index in [1.54, 1.807) is 0 Å². The lowest BCUT2D eigenvalue weighted by Gasteiger charge is -2.44. The molecule has 7 nitrogen and oxygen atoms in total. The van der Waals surface area contributed by atoms with Crippen LogP contribution in [0.15, 0.2) is 0 Å². The van der Waals surface area contributed by atoms with Gasteiger partial charge in [0.2, 0.25) is 0 Å². The van der Waals surface area contributed by atoms with Crippen LogP contribution in [-0.2, 0) is 28.5 Å². The quantitative estimate of drug-likeness (QED) is 0.122. The molecule has 5 unspecified atom stereocenters. The van der Waals surface area contributed by atoms with Gasteiger partial charge in [-0.1, -0.05) is 11.6 Å². The van der Waals surface area contributed by atoms with E-state index in [4.69, 9.17) is 5.11 Å². The van der Waals surface area contributed by atoms with E-state index in [1.165, 1.54) is 4.74 Å². The first-order valence-corrected chi connectivity index (χ1v) is 11.8. The number of hydrogen-bond donors (Lipinski definition) is 1. The average molecular weight is 961 g/mol. The molecular weight excluding hydrogens is 960 g/mol. The van der Waals surface area contributed by atoms with Gasteiger partial charge in [0.25, 0.3) is 0 Å². The van der Waals surface area contributed by atoms with E-state index in [0.717, 1.165) is 18.9 Å². The van der Waals surface area contributed by atoms with Crippen LogP contribution in [0.2, 0.25) is 0 Å². The van der Waals surface area contributed by atoms with Crippen molar-refractivity contribution in [3.8, 4) is 0 Å². The summed E-state index contributed by atoms with van der Waals surface area (Å²) in [6.45, 7) is 0. The SMILES string of the molecule is O=C(O)C(F)(F)OC(F)(F)C(F)(OC(F)(F)C(F)(OC(F)(F)C(F)(OC(F)(F)C(F)(OC(F)(F)C(F)(Cl)C(F)(F)F)C(F)(F)F)C(F)(F)F)C(F)(F)F)C(F)(F)F. The minimum absolute atomic E-state index is 0.763. The van der Waals surface area contributed by atoms with Gasteiger partial charge in [0.05, 0.1) is 0 Å². The van der Waals surface area contributed by atoms with Crippen molar-refractivity contribution in [3.63, 3.8) is 0 Å². The largest absolute Gasteiger partial charge is 0.475 e. The van der Waals surface area contributed by atoms with Gasteiger partial charge in [-0.3, -0.25) is 18.9 Å². The summed E-state index contributed by atoms with van der Waals surface area (Å²) >= 11 is 3.37. The van der Waals surface area contributed by atoms with Gasteiger partial charge in [0.15, 0.2) is 0 Å².